The molecule has 2 saturated heterocycles. The third kappa shape index (κ3) is 8.39. The van der Waals surface area contributed by atoms with Crippen LogP contribution in [0.25, 0.3) is 0 Å². The standard InChI is InChI=1S/C35H48ClN3O10/c1-18(2)31(41)37-21(5)32(42)48-27-16-28(40)39(7)23-14-22(15-24(45-8)29(23)36)13-19(3)11-10-12-26(46-9)35(44)17-25(47-33(43)38-35)20(4)30-34(27,6)49-30/h10-12,14-15,18,20-21,25-27,30,44H,13,16-17H2,1-9H3,(H,37,41)(H,38,43)/b12-10+,19-11-/t20-,21+,25+,26-,27+,30+,34+,35+/m1/s1. The lowest BCUT2D eigenvalue weighted by Crippen LogP contribution is -2.63. The number of carbonyl (C=O) groups is 4. The Labute approximate surface area is 292 Å². The van der Waals surface area contributed by atoms with Crippen LogP contribution in [-0.2, 0) is 39.8 Å². The summed E-state index contributed by atoms with van der Waals surface area (Å²) in [6.45, 7) is 10.3. The number of ether oxygens (including phenoxy) is 5. The van der Waals surface area contributed by atoms with Crippen LogP contribution < -0.4 is 20.3 Å². The number of nitrogens with one attached hydrogen (secondary N) is 2. The highest BCUT2D eigenvalue weighted by molar-refractivity contribution is 6.35. The number of amides is 3. The molecule has 8 atom stereocenters. The molecule has 0 radical (unpaired) electrons. The Morgan fingerprint density at radius 1 is 1.20 bits per heavy atom. The largest absolute Gasteiger partial charge is 0.495 e. The molecule has 0 aliphatic carbocycles. The lowest BCUT2D eigenvalue weighted by atomic mass is 9.83. The van der Waals surface area contributed by atoms with E-state index >= 15 is 0 Å². The number of alkyl carbamates (subject to hydrolysis) is 1. The Balaban J connectivity index is 1.77. The van der Waals surface area contributed by atoms with Crippen LogP contribution in [0.5, 0.6) is 5.75 Å². The zero-order chi connectivity index (χ0) is 36.4. The number of esters is 1. The number of carbonyl (C=O) groups excluding carboxylic acids is 4. The van der Waals surface area contributed by atoms with E-state index in [0.717, 1.165) is 11.1 Å². The highest BCUT2D eigenvalue weighted by Gasteiger charge is 2.64. The first-order chi connectivity index (χ1) is 22.9. The zero-order valence-corrected chi connectivity index (χ0v) is 30.3. The summed E-state index contributed by atoms with van der Waals surface area (Å²) in [5.74, 6) is -2.03. The van der Waals surface area contributed by atoms with Gasteiger partial charge >= 0.3 is 12.1 Å². The monoisotopic (exact) mass is 705 g/mol. The van der Waals surface area contributed by atoms with Gasteiger partial charge in [-0.05, 0) is 44.9 Å². The number of allylic oxidation sites excluding steroid dienone is 3. The molecule has 270 valence electrons. The molecule has 3 N–H and O–H groups in total. The fourth-order valence-electron chi connectivity index (χ4n) is 6.29. The van der Waals surface area contributed by atoms with E-state index in [9.17, 15) is 24.3 Å². The Morgan fingerprint density at radius 3 is 2.53 bits per heavy atom. The fraction of sp³-hybridized carbons (Fsp3) is 0.600. The average Bonchev–Trinajstić information content (AvgIpc) is 3.73. The molecule has 1 aromatic rings. The molecule has 3 amide bonds. The molecule has 3 aliphatic rings. The molecule has 3 aliphatic heterocycles. The molecule has 49 heavy (non-hydrogen) atoms. The molecule has 1 aromatic carbocycles. The van der Waals surface area contributed by atoms with E-state index in [1.54, 1.807) is 59.0 Å². The summed E-state index contributed by atoms with van der Waals surface area (Å²) < 4.78 is 28.9. The quantitative estimate of drug-likeness (QED) is 0.293. The van der Waals surface area contributed by atoms with Gasteiger partial charge in [-0.2, -0.15) is 0 Å². The summed E-state index contributed by atoms with van der Waals surface area (Å²) in [4.78, 5) is 53.8. The van der Waals surface area contributed by atoms with Gasteiger partial charge in [0.2, 0.25) is 11.8 Å². The molecule has 2 fully saturated rings. The molecule has 3 heterocycles. The van der Waals surface area contributed by atoms with Crippen molar-refractivity contribution in [2.75, 3.05) is 26.2 Å². The number of rotatable bonds is 6. The molecule has 4 rings (SSSR count). The van der Waals surface area contributed by atoms with Crippen LogP contribution in [0.15, 0.2) is 35.9 Å². The maximum Gasteiger partial charge on any atom is 0.409 e. The van der Waals surface area contributed by atoms with Crippen molar-refractivity contribution in [2.24, 2.45) is 11.8 Å². The third-order valence-electron chi connectivity index (χ3n) is 9.45. The van der Waals surface area contributed by atoms with Gasteiger partial charge in [-0.3, -0.25) is 14.9 Å². The van der Waals surface area contributed by atoms with Crippen molar-refractivity contribution < 1.29 is 48.0 Å². The van der Waals surface area contributed by atoms with Crippen molar-refractivity contribution in [3.05, 3.63) is 46.5 Å². The maximum absolute atomic E-state index is 14.0. The van der Waals surface area contributed by atoms with Crippen LogP contribution >= 0.6 is 11.6 Å². The van der Waals surface area contributed by atoms with Crippen molar-refractivity contribution >= 4 is 41.2 Å². The summed E-state index contributed by atoms with van der Waals surface area (Å²) in [6, 6.07) is 2.57. The van der Waals surface area contributed by atoms with E-state index in [1.807, 2.05) is 13.0 Å². The van der Waals surface area contributed by atoms with Gasteiger partial charge in [-0.15, -0.1) is 0 Å². The summed E-state index contributed by atoms with van der Waals surface area (Å²) in [5.41, 5.74) is -0.885. The van der Waals surface area contributed by atoms with Crippen LogP contribution in [0.1, 0.15) is 59.9 Å². The Hall–Kier alpha value is -3.65. The second-order valence-corrected chi connectivity index (χ2v) is 14.0. The molecule has 0 spiro atoms. The van der Waals surface area contributed by atoms with Gasteiger partial charge in [0.1, 0.15) is 40.7 Å². The third-order valence-corrected chi connectivity index (χ3v) is 9.83. The fourth-order valence-corrected chi connectivity index (χ4v) is 6.60. The number of fused-ring (bicyclic) bond motifs is 5. The number of epoxide rings is 1. The number of nitrogens with zero attached hydrogens (tertiary/aromatic N) is 1. The topological polar surface area (TPSA) is 165 Å². The van der Waals surface area contributed by atoms with Crippen molar-refractivity contribution in [1.82, 2.24) is 10.6 Å². The summed E-state index contributed by atoms with van der Waals surface area (Å²) in [7, 11) is 4.49. The smallest absolute Gasteiger partial charge is 0.409 e. The van der Waals surface area contributed by atoms with Gasteiger partial charge < -0.3 is 39.0 Å². The van der Waals surface area contributed by atoms with E-state index in [1.165, 1.54) is 26.0 Å². The second kappa shape index (κ2) is 15.1. The van der Waals surface area contributed by atoms with Crippen LogP contribution in [-0.4, -0.2) is 92.0 Å². The Kier molecular flexibility index (Phi) is 11.7. The van der Waals surface area contributed by atoms with Crippen LogP contribution in [0.2, 0.25) is 5.02 Å². The molecular formula is C35H48ClN3O10. The minimum atomic E-state index is -1.82. The first kappa shape index (κ1) is 38.2. The molecule has 0 unspecified atom stereocenters. The molecule has 4 bridgehead atoms. The lowest BCUT2D eigenvalue weighted by Gasteiger charge is -2.42. The van der Waals surface area contributed by atoms with E-state index in [2.05, 4.69) is 10.6 Å². The number of anilines is 1. The lowest BCUT2D eigenvalue weighted by molar-refractivity contribution is -0.157. The molecule has 14 heteroatoms. The van der Waals surface area contributed by atoms with Crippen molar-refractivity contribution in [3.8, 4) is 5.75 Å². The minimum absolute atomic E-state index is 0.0457. The number of benzene rings is 1. The zero-order valence-electron chi connectivity index (χ0n) is 29.5. The van der Waals surface area contributed by atoms with Crippen LogP contribution in [0, 0.1) is 11.8 Å². The minimum Gasteiger partial charge on any atom is -0.495 e. The van der Waals surface area contributed by atoms with Gasteiger partial charge in [0.25, 0.3) is 0 Å². The number of aliphatic hydroxyl groups is 1. The van der Waals surface area contributed by atoms with Crippen molar-refractivity contribution in [3.63, 3.8) is 0 Å². The van der Waals surface area contributed by atoms with Crippen LogP contribution in [0.3, 0.4) is 0 Å². The number of methoxy groups -OCH3 is 2. The van der Waals surface area contributed by atoms with E-state index in [4.69, 9.17) is 35.3 Å². The Bertz CT molecular complexity index is 1510. The van der Waals surface area contributed by atoms with E-state index in [0.29, 0.717) is 17.9 Å². The maximum atomic E-state index is 14.0. The molecular weight excluding hydrogens is 658 g/mol. The van der Waals surface area contributed by atoms with E-state index < -0.39 is 65.7 Å². The van der Waals surface area contributed by atoms with Gasteiger partial charge in [0, 0.05) is 32.4 Å². The van der Waals surface area contributed by atoms with Crippen LogP contribution in [0.4, 0.5) is 10.5 Å². The number of halogens is 1. The van der Waals surface area contributed by atoms with Gasteiger partial charge in [-0.1, -0.05) is 56.2 Å². The van der Waals surface area contributed by atoms with Crippen molar-refractivity contribution in [1.29, 1.82) is 0 Å². The molecule has 0 saturated carbocycles. The normalized spacial score (nSPS) is 32.9. The summed E-state index contributed by atoms with van der Waals surface area (Å²) in [5, 5.41) is 17.0. The van der Waals surface area contributed by atoms with Gasteiger partial charge in [-0.25, -0.2) is 9.59 Å². The molecule has 0 aromatic heterocycles. The Morgan fingerprint density at radius 2 is 1.90 bits per heavy atom. The second-order valence-electron chi connectivity index (χ2n) is 13.6. The first-order valence-corrected chi connectivity index (χ1v) is 16.7. The number of hydrogen-bond donors (Lipinski definition) is 3. The van der Waals surface area contributed by atoms with Gasteiger partial charge in [0.05, 0.1) is 25.3 Å². The highest BCUT2D eigenvalue weighted by Crippen LogP contribution is 2.49. The summed E-state index contributed by atoms with van der Waals surface area (Å²) in [6.07, 6.45) is 0.988. The highest BCUT2D eigenvalue weighted by atomic mass is 35.5. The van der Waals surface area contributed by atoms with Gasteiger partial charge in [0.15, 0.2) is 5.72 Å². The SMILES string of the molecule is COc1cc2cc(c1Cl)N(C)C(=O)C[C@H](OC(=O)[C@H](C)NC(=O)C(C)C)[C@]1(C)O[C@H]1[C@H](C)[C@@H]1C[C@@](O)(NC(=O)O1)[C@H](OC)/C=C/C=C(/C)C2. The van der Waals surface area contributed by atoms with E-state index in [-0.39, 0.29) is 29.7 Å². The first-order valence-electron chi connectivity index (χ1n) is 16.3. The number of hydrogen-bond acceptors (Lipinski definition) is 10. The average molecular weight is 706 g/mol. The predicted molar refractivity (Wildman–Crippen MR) is 181 cm³/mol. The molecule has 13 nitrogen and oxygen atoms in total. The predicted octanol–water partition coefficient (Wildman–Crippen LogP) is 3.83. The summed E-state index contributed by atoms with van der Waals surface area (Å²) >= 11 is 6.72. The van der Waals surface area contributed by atoms with Crippen molar-refractivity contribution in [2.45, 2.75) is 103 Å².